The maximum Gasteiger partial charge on any atom is 0.306 e. The highest BCUT2D eigenvalue weighted by atomic mass is 16.4. The average Bonchev–Trinajstić information content (AvgIpc) is 2.40. The van der Waals surface area contributed by atoms with Gasteiger partial charge in [0, 0.05) is 6.04 Å². The van der Waals surface area contributed by atoms with E-state index in [4.69, 9.17) is 5.11 Å². The number of rotatable bonds is 1. The predicted octanol–water partition coefficient (Wildman–Crippen LogP) is 1.97. The van der Waals surface area contributed by atoms with Crippen LogP contribution in [0.2, 0.25) is 0 Å². The highest BCUT2D eigenvalue weighted by molar-refractivity contribution is 5.70. The van der Waals surface area contributed by atoms with Crippen LogP contribution in [0.5, 0.6) is 0 Å². The zero-order chi connectivity index (χ0) is 10.8. The number of nitrogens with zero attached hydrogens (tertiary/aromatic N) is 1. The number of carboxylic acid groups (broad SMARTS) is 1. The van der Waals surface area contributed by atoms with Crippen LogP contribution < -0.4 is 0 Å². The first-order valence-corrected chi connectivity index (χ1v) is 6.11. The molecule has 3 unspecified atom stereocenters. The topological polar surface area (TPSA) is 40.5 Å². The molecule has 1 aliphatic heterocycles. The summed E-state index contributed by atoms with van der Waals surface area (Å²) in [5, 5.41) is 9.07. The number of carbonyl (C=O) groups is 1. The number of carboxylic acids is 1. The smallest absolute Gasteiger partial charge is 0.306 e. The van der Waals surface area contributed by atoms with E-state index in [-0.39, 0.29) is 5.92 Å². The van der Waals surface area contributed by atoms with Gasteiger partial charge in [-0.25, -0.2) is 0 Å². The van der Waals surface area contributed by atoms with E-state index in [1.807, 2.05) is 0 Å². The minimum Gasteiger partial charge on any atom is -0.481 e. The second-order valence-corrected chi connectivity index (χ2v) is 5.15. The van der Waals surface area contributed by atoms with Crippen LogP contribution in [0.15, 0.2) is 0 Å². The van der Waals surface area contributed by atoms with Crippen LogP contribution in [0.1, 0.15) is 38.5 Å². The molecule has 0 spiro atoms. The maximum absolute atomic E-state index is 11.0. The summed E-state index contributed by atoms with van der Waals surface area (Å²) in [6, 6.07) is 0.530. The van der Waals surface area contributed by atoms with Gasteiger partial charge in [0.1, 0.15) is 0 Å². The Balaban J connectivity index is 2.04. The van der Waals surface area contributed by atoms with Crippen LogP contribution in [0.3, 0.4) is 0 Å². The maximum atomic E-state index is 11.0. The lowest BCUT2D eigenvalue weighted by molar-refractivity contribution is -0.144. The van der Waals surface area contributed by atoms with Crippen molar-refractivity contribution in [2.45, 2.75) is 44.6 Å². The van der Waals surface area contributed by atoms with E-state index < -0.39 is 5.97 Å². The lowest BCUT2D eigenvalue weighted by atomic mass is 9.76. The summed E-state index contributed by atoms with van der Waals surface area (Å²) < 4.78 is 0. The Labute approximate surface area is 91.5 Å². The highest BCUT2D eigenvalue weighted by Gasteiger charge is 2.36. The standard InChI is InChI=1S/C12H21NO2/c1-13-7-3-2-4-9-5-6-10(12(14)15)8-11(9)13/h9-11H,2-8H2,1H3,(H,14,15). The average molecular weight is 211 g/mol. The molecule has 1 N–H and O–H groups in total. The highest BCUT2D eigenvalue weighted by Crippen LogP contribution is 2.36. The Morgan fingerprint density at radius 2 is 2.07 bits per heavy atom. The Morgan fingerprint density at radius 1 is 1.27 bits per heavy atom. The molecule has 1 aliphatic carbocycles. The van der Waals surface area contributed by atoms with Gasteiger partial charge in [0.2, 0.25) is 0 Å². The van der Waals surface area contributed by atoms with Crippen LogP contribution >= 0.6 is 0 Å². The molecular formula is C12H21NO2. The third kappa shape index (κ3) is 2.33. The third-order valence-electron chi connectivity index (χ3n) is 4.21. The molecule has 0 amide bonds. The largest absolute Gasteiger partial charge is 0.481 e. The first-order chi connectivity index (χ1) is 7.18. The summed E-state index contributed by atoms with van der Waals surface area (Å²) in [5.74, 6) is 0.0750. The molecule has 0 aromatic rings. The van der Waals surface area contributed by atoms with Gasteiger partial charge in [0.05, 0.1) is 5.92 Å². The molecule has 0 aromatic heterocycles. The zero-order valence-electron chi connectivity index (χ0n) is 9.48. The van der Waals surface area contributed by atoms with E-state index in [2.05, 4.69) is 11.9 Å². The fourth-order valence-corrected chi connectivity index (χ4v) is 3.24. The van der Waals surface area contributed by atoms with Gasteiger partial charge in [-0.3, -0.25) is 4.79 Å². The van der Waals surface area contributed by atoms with Crippen LogP contribution in [0, 0.1) is 11.8 Å². The number of fused-ring (bicyclic) bond motifs is 1. The van der Waals surface area contributed by atoms with Crippen molar-refractivity contribution in [2.24, 2.45) is 11.8 Å². The summed E-state index contributed by atoms with van der Waals surface area (Å²) >= 11 is 0. The number of aliphatic carboxylic acids is 1. The summed E-state index contributed by atoms with van der Waals surface area (Å²) in [7, 11) is 2.16. The lowest BCUT2D eigenvalue weighted by Gasteiger charge is -2.38. The monoisotopic (exact) mass is 211 g/mol. The third-order valence-corrected chi connectivity index (χ3v) is 4.21. The molecule has 2 rings (SSSR count). The van der Waals surface area contributed by atoms with E-state index in [1.165, 1.54) is 19.3 Å². The van der Waals surface area contributed by atoms with Crippen LogP contribution in [-0.4, -0.2) is 35.6 Å². The summed E-state index contributed by atoms with van der Waals surface area (Å²) in [6.45, 7) is 1.15. The molecule has 2 fully saturated rings. The molecule has 0 aromatic carbocycles. The fraction of sp³-hybridized carbons (Fsp3) is 0.917. The minimum atomic E-state index is -0.592. The van der Waals surface area contributed by atoms with E-state index in [0.29, 0.717) is 6.04 Å². The van der Waals surface area contributed by atoms with Gasteiger partial charge in [-0.2, -0.15) is 0 Å². The minimum absolute atomic E-state index is 0.0909. The molecule has 2 aliphatic rings. The zero-order valence-corrected chi connectivity index (χ0v) is 9.48. The Kier molecular flexibility index (Phi) is 3.29. The summed E-state index contributed by atoms with van der Waals surface area (Å²) in [5.41, 5.74) is 0. The molecule has 0 bridgehead atoms. The number of hydrogen-bond acceptors (Lipinski definition) is 2. The van der Waals surface area contributed by atoms with E-state index >= 15 is 0 Å². The van der Waals surface area contributed by atoms with Gasteiger partial charge >= 0.3 is 5.97 Å². The number of likely N-dealkylation sites (tertiary alicyclic amines) is 1. The second kappa shape index (κ2) is 4.52. The Morgan fingerprint density at radius 3 is 2.80 bits per heavy atom. The van der Waals surface area contributed by atoms with Crippen molar-refractivity contribution in [1.29, 1.82) is 0 Å². The van der Waals surface area contributed by atoms with Crippen molar-refractivity contribution in [3.05, 3.63) is 0 Å². The molecule has 86 valence electrons. The van der Waals surface area contributed by atoms with Crippen molar-refractivity contribution in [3.8, 4) is 0 Å². The quantitative estimate of drug-likeness (QED) is 0.721. The molecule has 3 heteroatoms. The van der Waals surface area contributed by atoms with Crippen molar-refractivity contribution in [2.75, 3.05) is 13.6 Å². The van der Waals surface area contributed by atoms with E-state index in [1.54, 1.807) is 0 Å². The first-order valence-electron chi connectivity index (χ1n) is 6.11. The molecular weight excluding hydrogens is 190 g/mol. The SMILES string of the molecule is CN1CCCCC2CCC(C(=O)O)CC21. The lowest BCUT2D eigenvalue weighted by Crippen LogP contribution is -2.42. The van der Waals surface area contributed by atoms with Crippen LogP contribution in [-0.2, 0) is 4.79 Å². The fourth-order valence-electron chi connectivity index (χ4n) is 3.24. The number of hydrogen-bond donors (Lipinski definition) is 1. The first kappa shape index (κ1) is 10.9. The van der Waals surface area contributed by atoms with Gasteiger partial charge in [0.25, 0.3) is 0 Å². The van der Waals surface area contributed by atoms with Crippen LogP contribution in [0.25, 0.3) is 0 Å². The van der Waals surface area contributed by atoms with Crippen molar-refractivity contribution in [3.63, 3.8) is 0 Å². The molecule has 1 saturated carbocycles. The molecule has 0 radical (unpaired) electrons. The van der Waals surface area contributed by atoms with Gasteiger partial charge < -0.3 is 10.0 Å². The van der Waals surface area contributed by atoms with Gasteiger partial charge in [-0.05, 0) is 51.6 Å². The van der Waals surface area contributed by atoms with Crippen molar-refractivity contribution >= 4 is 5.97 Å². The summed E-state index contributed by atoms with van der Waals surface area (Å²) in [4.78, 5) is 13.4. The molecule has 15 heavy (non-hydrogen) atoms. The van der Waals surface area contributed by atoms with Crippen molar-refractivity contribution < 1.29 is 9.90 Å². The molecule has 1 saturated heterocycles. The predicted molar refractivity (Wildman–Crippen MR) is 58.7 cm³/mol. The van der Waals surface area contributed by atoms with Gasteiger partial charge in [-0.1, -0.05) is 6.42 Å². The molecule has 3 nitrogen and oxygen atoms in total. The summed E-state index contributed by atoms with van der Waals surface area (Å²) in [6.07, 6.45) is 6.79. The van der Waals surface area contributed by atoms with Crippen LogP contribution in [0.4, 0.5) is 0 Å². The van der Waals surface area contributed by atoms with E-state index in [9.17, 15) is 4.79 Å². The van der Waals surface area contributed by atoms with Crippen molar-refractivity contribution in [1.82, 2.24) is 4.90 Å². The Bertz CT molecular complexity index is 242. The Hall–Kier alpha value is -0.570. The van der Waals surface area contributed by atoms with E-state index in [0.717, 1.165) is 31.7 Å². The van der Waals surface area contributed by atoms with Gasteiger partial charge in [-0.15, -0.1) is 0 Å². The molecule has 3 atom stereocenters. The van der Waals surface area contributed by atoms with Gasteiger partial charge in [0.15, 0.2) is 0 Å². The second-order valence-electron chi connectivity index (χ2n) is 5.15. The molecule has 1 heterocycles. The normalized spacial score (nSPS) is 38.1.